The summed E-state index contributed by atoms with van der Waals surface area (Å²) in [6.45, 7) is 1.82. The molecule has 2 aromatic carbocycles. The van der Waals surface area contributed by atoms with E-state index in [2.05, 4.69) is 0 Å². The molecule has 0 spiro atoms. The smallest absolute Gasteiger partial charge is 0.336 e. The molecule has 0 bridgehead atoms. The number of Topliss-reactive ketones (excluding diaryl/α,β-unsaturated/α-hetero) is 2. The molecule has 6 heteroatoms. The summed E-state index contributed by atoms with van der Waals surface area (Å²) >= 11 is 0. The first kappa shape index (κ1) is 19.2. The summed E-state index contributed by atoms with van der Waals surface area (Å²) < 4.78 is 5.10. The second kappa shape index (κ2) is 8.00. The first-order valence-corrected chi connectivity index (χ1v) is 8.91. The number of carbonyl (C=O) groups is 3. The van der Waals surface area contributed by atoms with Gasteiger partial charge >= 0.3 is 5.63 Å². The van der Waals surface area contributed by atoms with Gasteiger partial charge in [-0.2, -0.15) is 0 Å². The zero-order valence-electron chi connectivity index (χ0n) is 15.6. The largest absolute Gasteiger partial charge is 0.423 e. The molecular formula is C22H19NO5. The van der Waals surface area contributed by atoms with Crippen molar-refractivity contribution in [3.05, 3.63) is 76.1 Å². The number of nitrogens with zero attached hydrogens (tertiary/aromatic N) is 1. The Kier molecular flexibility index (Phi) is 5.49. The maximum absolute atomic E-state index is 13.0. The zero-order chi connectivity index (χ0) is 20.3. The minimum absolute atomic E-state index is 0.101. The van der Waals surface area contributed by atoms with Crippen LogP contribution in [0, 0.1) is 0 Å². The number of carbonyl (C=O) groups excluding carboxylic acids is 3. The SMILES string of the molecule is CCCC(=O)C(=O)c1ccccc1C(=O)N(C)c1ccc2oc(=O)ccc2c1. The normalized spacial score (nSPS) is 10.6. The number of fused-ring (bicyclic) bond motifs is 1. The van der Waals surface area contributed by atoms with Crippen LogP contribution >= 0.6 is 0 Å². The average molecular weight is 377 g/mol. The summed E-state index contributed by atoms with van der Waals surface area (Å²) in [5, 5.41) is 0.666. The molecule has 0 N–H and O–H groups in total. The van der Waals surface area contributed by atoms with Gasteiger partial charge in [-0.3, -0.25) is 14.4 Å². The predicted octanol–water partition coefficient (Wildman–Crippen LogP) is 3.62. The van der Waals surface area contributed by atoms with Gasteiger partial charge in [-0.25, -0.2) is 4.79 Å². The van der Waals surface area contributed by atoms with Crippen LogP contribution in [0.3, 0.4) is 0 Å². The molecule has 1 aromatic heterocycles. The highest BCUT2D eigenvalue weighted by Crippen LogP contribution is 2.23. The third-order valence-electron chi connectivity index (χ3n) is 4.43. The molecule has 0 atom stereocenters. The molecule has 1 amide bonds. The van der Waals surface area contributed by atoms with E-state index in [0.717, 1.165) is 0 Å². The van der Waals surface area contributed by atoms with Gasteiger partial charge in [0, 0.05) is 36.2 Å². The van der Waals surface area contributed by atoms with E-state index in [4.69, 9.17) is 4.42 Å². The monoisotopic (exact) mass is 377 g/mol. The van der Waals surface area contributed by atoms with E-state index in [9.17, 15) is 19.2 Å². The molecular weight excluding hydrogens is 358 g/mol. The summed E-state index contributed by atoms with van der Waals surface area (Å²) in [6, 6.07) is 14.2. The Morgan fingerprint density at radius 1 is 0.964 bits per heavy atom. The fourth-order valence-electron chi connectivity index (χ4n) is 2.92. The van der Waals surface area contributed by atoms with Crippen molar-refractivity contribution < 1.29 is 18.8 Å². The number of rotatable bonds is 6. The molecule has 0 aliphatic heterocycles. The van der Waals surface area contributed by atoms with Gasteiger partial charge in [0.25, 0.3) is 5.91 Å². The fraction of sp³-hybridized carbons (Fsp3) is 0.182. The van der Waals surface area contributed by atoms with Crippen molar-refractivity contribution >= 4 is 34.1 Å². The van der Waals surface area contributed by atoms with Crippen LogP contribution < -0.4 is 10.5 Å². The van der Waals surface area contributed by atoms with E-state index in [1.807, 2.05) is 6.92 Å². The molecule has 28 heavy (non-hydrogen) atoms. The zero-order valence-corrected chi connectivity index (χ0v) is 15.6. The van der Waals surface area contributed by atoms with Crippen molar-refractivity contribution in [2.24, 2.45) is 0 Å². The summed E-state index contributed by atoms with van der Waals surface area (Å²) in [5.74, 6) is -1.57. The standard InChI is InChI=1S/C22H19NO5/c1-3-6-18(24)21(26)16-7-4-5-8-17(16)22(27)23(2)15-10-11-19-14(13-15)9-12-20(25)28-19/h4-5,7-13H,3,6H2,1-2H3. The van der Waals surface area contributed by atoms with E-state index < -0.39 is 23.1 Å². The molecule has 0 unspecified atom stereocenters. The van der Waals surface area contributed by atoms with Gasteiger partial charge in [-0.1, -0.05) is 25.1 Å². The van der Waals surface area contributed by atoms with Crippen molar-refractivity contribution in [1.82, 2.24) is 0 Å². The lowest BCUT2D eigenvalue weighted by molar-refractivity contribution is -0.115. The van der Waals surface area contributed by atoms with Gasteiger partial charge in [0.2, 0.25) is 11.6 Å². The maximum Gasteiger partial charge on any atom is 0.336 e. The van der Waals surface area contributed by atoms with Crippen LogP contribution in [0.4, 0.5) is 5.69 Å². The third-order valence-corrected chi connectivity index (χ3v) is 4.43. The van der Waals surface area contributed by atoms with Crippen LogP contribution in [-0.2, 0) is 4.79 Å². The predicted molar refractivity (Wildman–Crippen MR) is 106 cm³/mol. The van der Waals surface area contributed by atoms with Crippen molar-refractivity contribution in [2.45, 2.75) is 19.8 Å². The molecule has 0 aliphatic carbocycles. The minimum Gasteiger partial charge on any atom is -0.423 e. The highest BCUT2D eigenvalue weighted by molar-refractivity contribution is 6.45. The maximum atomic E-state index is 13.0. The lowest BCUT2D eigenvalue weighted by Gasteiger charge is -2.19. The lowest BCUT2D eigenvalue weighted by Crippen LogP contribution is -2.29. The van der Waals surface area contributed by atoms with Crippen molar-refractivity contribution in [2.75, 3.05) is 11.9 Å². The van der Waals surface area contributed by atoms with Crippen LogP contribution in [0.15, 0.2) is 63.8 Å². The van der Waals surface area contributed by atoms with Crippen molar-refractivity contribution in [1.29, 1.82) is 0 Å². The van der Waals surface area contributed by atoms with Gasteiger partial charge in [0.05, 0.1) is 5.56 Å². The Morgan fingerprint density at radius 2 is 1.68 bits per heavy atom. The number of hydrogen-bond acceptors (Lipinski definition) is 5. The quantitative estimate of drug-likeness (QED) is 0.372. The molecule has 3 aromatic rings. The molecule has 0 aliphatic rings. The van der Waals surface area contributed by atoms with Gasteiger partial charge in [-0.15, -0.1) is 0 Å². The second-order valence-electron chi connectivity index (χ2n) is 6.39. The molecule has 0 fully saturated rings. The molecule has 142 valence electrons. The highest BCUT2D eigenvalue weighted by Gasteiger charge is 2.24. The Hall–Kier alpha value is -3.54. The van der Waals surface area contributed by atoms with Crippen LogP contribution in [-0.4, -0.2) is 24.5 Å². The lowest BCUT2D eigenvalue weighted by atomic mass is 9.98. The third kappa shape index (κ3) is 3.76. The van der Waals surface area contributed by atoms with Crippen LogP contribution in [0.5, 0.6) is 0 Å². The van der Waals surface area contributed by atoms with Gasteiger partial charge in [0.1, 0.15) is 5.58 Å². The molecule has 6 nitrogen and oxygen atoms in total. The Balaban J connectivity index is 1.96. The van der Waals surface area contributed by atoms with Gasteiger partial charge < -0.3 is 9.32 Å². The Morgan fingerprint density at radius 3 is 2.39 bits per heavy atom. The van der Waals surface area contributed by atoms with Gasteiger partial charge in [0.15, 0.2) is 0 Å². The van der Waals surface area contributed by atoms with E-state index in [0.29, 0.717) is 23.1 Å². The molecule has 3 rings (SSSR count). The topological polar surface area (TPSA) is 84.7 Å². The molecule has 0 saturated heterocycles. The van der Waals surface area contributed by atoms with Gasteiger partial charge in [-0.05, 0) is 36.8 Å². The summed E-state index contributed by atoms with van der Waals surface area (Å²) in [6.07, 6.45) is 0.709. The number of amides is 1. The van der Waals surface area contributed by atoms with E-state index in [1.165, 1.54) is 23.1 Å². The van der Waals surface area contributed by atoms with E-state index >= 15 is 0 Å². The average Bonchev–Trinajstić information content (AvgIpc) is 2.72. The van der Waals surface area contributed by atoms with Crippen LogP contribution in [0.1, 0.15) is 40.5 Å². The number of hydrogen-bond donors (Lipinski definition) is 0. The molecule has 1 heterocycles. The van der Waals surface area contributed by atoms with Crippen molar-refractivity contribution in [3.63, 3.8) is 0 Å². The fourth-order valence-corrected chi connectivity index (χ4v) is 2.92. The molecule has 0 radical (unpaired) electrons. The summed E-state index contributed by atoms with van der Waals surface area (Å²) in [4.78, 5) is 50.2. The summed E-state index contributed by atoms with van der Waals surface area (Å²) in [5.41, 5.74) is 0.795. The molecule has 0 saturated carbocycles. The Bertz CT molecular complexity index is 1130. The number of ketones is 2. The Labute approximate surface area is 161 Å². The van der Waals surface area contributed by atoms with Crippen molar-refractivity contribution in [3.8, 4) is 0 Å². The number of benzene rings is 2. The van der Waals surface area contributed by atoms with E-state index in [1.54, 1.807) is 43.4 Å². The van der Waals surface area contributed by atoms with Crippen LogP contribution in [0.25, 0.3) is 11.0 Å². The van der Waals surface area contributed by atoms with Crippen LogP contribution in [0.2, 0.25) is 0 Å². The first-order valence-electron chi connectivity index (χ1n) is 8.91. The first-order chi connectivity index (χ1) is 13.4. The minimum atomic E-state index is -0.653. The highest BCUT2D eigenvalue weighted by atomic mass is 16.4. The second-order valence-corrected chi connectivity index (χ2v) is 6.39. The number of anilines is 1. The van der Waals surface area contributed by atoms with E-state index in [-0.39, 0.29) is 17.5 Å². The summed E-state index contributed by atoms with van der Waals surface area (Å²) in [7, 11) is 1.58.